The summed E-state index contributed by atoms with van der Waals surface area (Å²) in [5, 5.41) is 24.7. The van der Waals surface area contributed by atoms with Crippen LogP contribution in [-0.2, 0) is 30.3 Å². The highest BCUT2D eigenvalue weighted by Crippen LogP contribution is 2.22. The van der Waals surface area contributed by atoms with E-state index in [1.807, 2.05) is 17.6 Å². The van der Waals surface area contributed by atoms with Gasteiger partial charge in [-0.25, -0.2) is 14.6 Å². The third-order valence-corrected chi connectivity index (χ3v) is 7.75. The molecule has 2 atom stereocenters. The summed E-state index contributed by atoms with van der Waals surface area (Å²) in [6, 6.07) is 12.5. The van der Waals surface area contributed by atoms with Gasteiger partial charge in [0.25, 0.3) is 5.91 Å². The van der Waals surface area contributed by atoms with Crippen molar-refractivity contribution < 1.29 is 34.1 Å². The molecule has 2 unspecified atom stereocenters. The van der Waals surface area contributed by atoms with Crippen LogP contribution in [-0.4, -0.2) is 71.6 Å². The Morgan fingerprint density at radius 3 is 2.43 bits per heavy atom. The maximum atomic E-state index is 12.9. The number of thiazole rings is 1. The van der Waals surface area contributed by atoms with Crippen LogP contribution in [0, 0.1) is 13.8 Å². The van der Waals surface area contributed by atoms with Gasteiger partial charge in [-0.15, -0.1) is 11.3 Å². The number of nitrogens with one attached hydrogen (secondary N) is 2. The van der Waals surface area contributed by atoms with E-state index in [9.17, 15) is 19.5 Å². The summed E-state index contributed by atoms with van der Waals surface area (Å²) in [5.41, 5.74) is 7.61. The van der Waals surface area contributed by atoms with Crippen LogP contribution in [0.2, 0.25) is 0 Å². The standard InChI is InChI=1S/C31H41N3O7S/c1-21-10-11-23(17-22(21)2)9-5-3-8-16-40-28(29(31(38)39)41-19-27(35)36)30(37)33-15-7-4-6-14-32-24-12-13-25-26(18-24)42-20-34-25/h10-13,17-18,20,28-29,32H,3-9,14-16,19H2,1-2H3,(H,33,37)(H,35,36)(H,38,39). The minimum absolute atomic E-state index is 0.157. The smallest absolute Gasteiger partial charge is 0.336 e. The lowest BCUT2D eigenvalue weighted by atomic mass is 10.0. The molecule has 10 nitrogen and oxygen atoms in total. The predicted octanol–water partition coefficient (Wildman–Crippen LogP) is 4.96. The van der Waals surface area contributed by atoms with E-state index in [1.54, 1.807) is 11.3 Å². The van der Waals surface area contributed by atoms with Gasteiger partial charge >= 0.3 is 11.9 Å². The number of carboxylic acids is 2. The van der Waals surface area contributed by atoms with Crippen molar-refractivity contribution in [1.82, 2.24) is 10.3 Å². The molecule has 0 aliphatic rings. The Balaban J connectivity index is 1.39. The largest absolute Gasteiger partial charge is 0.480 e. The van der Waals surface area contributed by atoms with Gasteiger partial charge in [0.2, 0.25) is 0 Å². The molecule has 0 saturated carbocycles. The summed E-state index contributed by atoms with van der Waals surface area (Å²) in [6.07, 6.45) is 2.56. The van der Waals surface area contributed by atoms with E-state index in [2.05, 4.69) is 53.7 Å². The molecular weight excluding hydrogens is 558 g/mol. The van der Waals surface area contributed by atoms with Crippen LogP contribution in [0.25, 0.3) is 10.2 Å². The topological polar surface area (TPSA) is 147 Å². The number of ether oxygens (including phenoxy) is 2. The Kier molecular flexibility index (Phi) is 13.7. The number of benzene rings is 2. The number of unbranched alkanes of at least 4 members (excludes halogenated alkanes) is 4. The van der Waals surface area contributed by atoms with Crippen molar-refractivity contribution in [2.75, 3.05) is 31.6 Å². The van der Waals surface area contributed by atoms with Gasteiger partial charge in [-0.3, -0.25) is 4.79 Å². The van der Waals surface area contributed by atoms with Crippen molar-refractivity contribution in [3.8, 4) is 0 Å². The van der Waals surface area contributed by atoms with Gasteiger partial charge in [-0.05, 0) is 87.3 Å². The Morgan fingerprint density at radius 2 is 1.67 bits per heavy atom. The average molecular weight is 600 g/mol. The van der Waals surface area contributed by atoms with E-state index in [1.165, 1.54) is 16.7 Å². The first kappa shape index (κ1) is 33.0. The first-order valence-corrected chi connectivity index (χ1v) is 15.2. The minimum Gasteiger partial charge on any atom is -0.480 e. The van der Waals surface area contributed by atoms with Gasteiger partial charge in [0, 0.05) is 25.4 Å². The number of fused-ring (bicyclic) bond motifs is 1. The van der Waals surface area contributed by atoms with Crippen molar-refractivity contribution >= 4 is 45.1 Å². The molecule has 42 heavy (non-hydrogen) atoms. The van der Waals surface area contributed by atoms with Crippen LogP contribution in [0.4, 0.5) is 5.69 Å². The van der Waals surface area contributed by atoms with Gasteiger partial charge in [0.1, 0.15) is 6.61 Å². The summed E-state index contributed by atoms with van der Waals surface area (Å²) < 4.78 is 11.9. The molecule has 1 aromatic heterocycles. The number of hydrogen-bond donors (Lipinski definition) is 4. The van der Waals surface area contributed by atoms with Crippen LogP contribution in [0.5, 0.6) is 0 Å². The highest BCUT2D eigenvalue weighted by molar-refractivity contribution is 7.16. The number of aryl methyl sites for hydroxylation is 3. The minimum atomic E-state index is -1.73. The van der Waals surface area contributed by atoms with E-state index in [0.29, 0.717) is 19.4 Å². The van der Waals surface area contributed by atoms with Crippen molar-refractivity contribution in [1.29, 1.82) is 0 Å². The van der Waals surface area contributed by atoms with Crippen molar-refractivity contribution in [3.05, 3.63) is 58.6 Å². The van der Waals surface area contributed by atoms with Crippen LogP contribution >= 0.6 is 11.3 Å². The third-order valence-electron chi connectivity index (χ3n) is 6.95. The molecule has 0 saturated heterocycles. The Bertz CT molecular complexity index is 1310. The third kappa shape index (κ3) is 11.0. The molecule has 4 N–H and O–H groups in total. The zero-order valence-corrected chi connectivity index (χ0v) is 25.1. The second kappa shape index (κ2) is 17.4. The van der Waals surface area contributed by atoms with Crippen molar-refractivity contribution in [3.63, 3.8) is 0 Å². The van der Waals surface area contributed by atoms with Crippen LogP contribution < -0.4 is 10.6 Å². The molecule has 3 aromatic rings. The quantitative estimate of drug-likeness (QED) is 0.132. The molecule has 0 aliphatic carbocycles. The maximum Gasteiger partial charge on any atom is 0.336 e. The molecule has 3 rings (SSSR count). The normalized spacial score (nSPS) is 12.6. The summed E-state index contributed by atoms with van der Waals surface area (Å²) in [7, 11) is 0. The van der Waals surface area contributed by atoms with Crippen LogP contribution in [0.3, 0.4) is 0 Å². The Hall–Kier alpha value is -3.54. The predicted molar refractivity (Wildman–Crippen MR) is 163 cm³/mol. The molecule has 11 heteroatoms. The lowest BCUT2D eigenvalue weighted by Crippen LogP contribution is -2.49. The van der Waals surface area contributed by atoms with E-state index in [4.69, 9.17) is 14.6 Å². The maximum absolute atomic E-state index is 12.9. The summed E-state index contributed by atoms with van der Waals surface area (Å²) >= 11 is 1.60. The average Bonchev–Trinajstić information content (AvgIpc) is 3.42. The molecule has 0 fully saturated rings. The van der Waals surface area contributed by atoms with E-state index in [0.717, 1.165) is 54.6 Å². The number of carbonyl (C=O) groups excluding carboxylic acids is 1. The second-order valence-electron chi connectivity index (χ2n) is 10.3. The van der Waals surface area contributed by atoms with Crippen LogP contribution in [0.15, 0.2) is 41.9 Å². The molecule has 0 bridgehead atoms. The lowest BCUT2D eigenvalue weighted by Gasteiger charge is -2.23. The first-order valence-electron chi connectivity index (χ1n) is 14.3. The molecule has 0 spiro atoms. The SMILES string of the molecule is Cc1ccc(CCCCCOC(C(=O)NCCCCCNc2ccc3ncsc3c2)C(OCC(=O)O)C(=O)O)cc1C. The second-order valence-corrected chi connectivity index (χ2v) is 11.2. The highest BCUT2D eigenvalue weighted by atomic mass is 32.1. The summed E-state index contributed by atoms with van der Waals surface area (Å²) in [5.74, 6) is -3.40. The van der Waals surface area contributed by atoms with Gasteiger partial charge in [0.05, 0.1) is 15.7 Å². The van der Waals surface area contributed by atoms with Gasteiger partial charge in [-0.1, -0.05) is 24.6 Å². The number of aromatic nitrogens is 1. The molecule has 228 valence electrons. The number of carbonyl (C=O) groups is 3. The fraction of sp³-hybridized carbons (Fsp3) is 0.484. The number of amides is 1. The van der Waals surface area contributed by atoms with E-state index >= 15 is 0 Å². The van der Waals surface area contributed by atoms with E-state index in [-0.39, 0.29) is 6.61 Å². The van der Waals surface area contributed by atoms with E-state index < -0.39 is 36.7 Å². The van der Waals surface area contributed by atoms with Crippen molar-refractivity contribution in [2.45, 2.75) is 71.0 Å². The highest BCUT2D eigenvalue weighted by Gasteiger charge is 2.36. The first-order chi connectivity index (χ1) is 20.2. The zero-order valence-electron chi connectivity index (χ0n) is 24.3. The lowest BCUT2D eigenvalue weighted by molar-refractivity contribution is -0.172. The molecule has 0 aliphatic heterocycles. The fourth-order valence-electron chi connectivity index (χ4n) is 4.46. The monoisotopic (exact) mass is 599 g/mol. The molecular formula is C31H41N3O7S. The van der Waals surface area contributed by atoms with Gasteiger partial charge in [0.15, 0.2) is 12.2 Å². The number of anilines is 1. The number of aliphatic carboxylic acids is 2. The Morgan fingerprint density at radius 1 is 0.881 bits per heavy atom. The molecule has 2 aromatic carbocycles. The number of rotatable bonds is 20. The van der Waals surface area contributed by atoms with Gasteiger partial charge < -0.3 is 30.3 Å². The van der Waals surface area contributed by atoms with Gasteiger partial charge in [-0.2, -0.15) is 0 Å². The Labute approximate surface area is 250 Å². The molecule has 1 heterocycles. The fourth-order valence-corrected chi connectivity index (χ4v) is 5.18. The number of hydrogen-bond acceptors (Lipinski definition) is 8. The van der Waals surface area contributed by atoms with Crippen LogP contribution in [0.1, 0.15) is 55.2 Å². The number of nitrogens with zero attached hydrogens (tertiary/aromatic N) is 1. The molecule has 0 radical (unpaired) electrons. The summed E-state index contributed by atoms with van der Waals surface area (Å²) in [4.78, 5) is 40.0. The molecule has 1 amide bonds. The zero-order chi connectivity index (χ0) is 30.3. The number of carboxylic acid groups (broad SMARTS) is 2. The summed E-state index contributed by atoms with van der Waals surface area (Å²) in [6.45, 7) is 4.60. The van der Waals surface area contributed by atoms with Crippen molar-refractivity contribution in [2.24, 2.45) is 0 Å².